The van der Waals surface area contributed by atoms with Crippen LogP contribution in [0.1, 0.15) is 19.3 Å². The summed E-state index contributed by atoms with van der Waals surface area (Å²) >= 11 is 0. The van der Waals surface area contributed by atoms with Gasteiger partial charge in [-0.25, -0.2) is 8.42 Å². The van der Waals surface area contributed by atoms with E-state index in [1.807, 2.05) is 0 Å². The molecule has 1 heterocycles. The molecule has 0 aromatic carbocycles. The Balaban J connectivity index is 2.19. The molecule has 1 fully saturated rings. The van der Waals surface area contributed by atoms with Crippen LogP contribution < -0.4 is 5.73 Å². The van der Waals surface area contributed by atoms with Crippen LogP contribution >= 0.6 is 0 Å². The Labute approximate surface area is 98.2 Å². The number of hydrogen-bond donors (Lipinski definition) is 1. The first-order valence-corrected chi connectivity index (χ1v) is 7.08. The molecule has 0 radical (unpaired) electrons. The first kappa shape index (κ1) is 14.7. The first-order chi connectivity index (χ1) is 7.62. The molecule has 1 unspecified atom stereocenters. The Bertz CT molecular complexity index is 355. The van der Waals surface area contributed by atoms with Gasteiger partial charge in [-0.05, 0) is 19.3 Å². The molecule has 0 aromatic rings. The lowest BCUT2D eigenvalue weighted by Crippen LogP contribution is -2.41. The van der Waals surface area contributed by atoms with Gasteiger partial charge in [-0.15, -0.1) is 0 Å². The van der Waals surface area contributed by atoms with E-state index >= 15 is 0 Å². The predicted octanol–water partition coefficient (Wildman–Crippen LogP) is 0.861. The van der Waals surface area contributed by atoms with E-state index in [1.54, 1.807) is 0 Å². The number of nitrogens with two attached hydrogens (primary N) is 1. The molecule has 102 valence electrons. The first-order valence-electron chi connectivity index (χ1n) is 5.26. The highest BCUT2D eigenvalue weighted by atomic mass is 32.2. The largest absolute Gasteiger partial charge is 0.411 e. The number of alkyl halides is 3. The van der Waals surface area contributed by atoms with Gasteiger partial charge in [-0.2, -0.15) is 13.2 Å². The molecule has 2 N–H and O–H groups in total. The molecule has 0 spiro atoms. The standard InChI is InChI=1S/C9H16F3NO3S/c10-9(11,12)6-16-4-1-2-8(13)3-5-17(14,15)7-8/h1-7,13H2. The maximum atomic E-state index is 11.7. The molecule has 0 amide bonds. The summed E-state index contributed by atoms with van der Waals surface area (Å²) in [6.07, 6.45) is -3.25. The number of ether oxygens (including phenoxy) is 1. The molecule has 0 bridgehead atoms. The SMILES string of the molecule is NC1(CCCOCC(F)(F)F)CCS(=O)(=O)C1. The van der Waals surface area contributed by atoms with Gasteiger partial charge in [0.05, 0.1) is 11.5 Å². The van der Waals surface area contributed by atoms with E-state index in [2.05, 4.69) is 4.74 Å². The summed E-state index contributed by atoms with van der Waals surface area (Å²) in [4.78, 5) is 0. The van der Waals surface area contributed by atoms with Gasteiger partial charge < -0.3 is 10.5 Å². The van der Waals surface area contributed by atoms with Crippen LogP contribution in [0.4, 0.5) is 13.2 Å². The summed E-state index contributed by atoms with van der Waals surface area (Å²) in [7, 11) is -3.07. The van der Waals surface area contributed by atoms with Crippen molar-refractivity contribution in [1.82, 2.24) is 0 Å². The van der Waals surface area contributed by atoms with Crippen molar-refractivity contribution in [3.8, 4) is 0 Å². The average Bonchev–Trinajstić information content (AvgIpc) is 2.38. The topological polar surface area (TPSA) is 69.4 Å². The van der Waals surface area contributed by atoms with Crippen molar-refractivity contribution in [1.29, 1.82) is 0 Å². The van der Waals surface area contributed by atoms with E-state index in [1.165, 1.54) is 0 Å². The minimum absolute atomic E-state index is 0.0570. The Morgan fingerprint density at radius 1 is 1.35 bits per heavy atom. The van der Waals surface area contributed by atoms with Crippen LogP contribution in [0, 0.1) is 0 Å². The summed E-state index contributed by atoms with van der Waals surface area (Å²) in [5.74, 6) is -0.0216. The summed E-state index contributed by atoms with van der Waals surface area (Å²) in [5.41, 5.74) is 5.05. The van der Waals surface area contributed by atoms with E-state index in [9.17, 15) is 21.6 Å². The van der Waals surface area contributed by atoms with Gasteiger partial charge >= 0.3 is 6.18 Å². The monoisotopic (exact) mass is 275 g/mol. The fraction of sp³-hybridized carbons (Fsp3) is 1.00. The zero-order valence-corrected chi connectivity index (χ0v) is 10.1. The van der Waals surface area contributed by atoms with Gasteiger partial charge in [-0.3, -0.25) is 0 Å². The van der Waals surface area contributed by atoms with Crippen LogP contribution in [-0.2, 0) is 14.6 Å². The van der Waals surface area contributed by atoms with E-state index < -0.39 is 28.2 Å². The van der Waals surface area contributed by atoms with Gasteiger partial charge in [-0.1, -0.05) is 0 Å². The lowest BCUT2D eigenvalue weighted by molar-refractivity contribution is -0.174. The molecule has 1 aliphatic heterocycles. The quantitative estimate of drug-likeness (QED) is 0.756. The molecule has 0 saturated carbocycles. The third-order valence-electron chi connectivity index (χ3n) is 2.65. The Morgan fingerprint density at radius 2 is 2.00 bits per heavy atom. The molecular weight excluding hydrogens is 259 g/mol. The molecule has 8 heteroatoms. The van der Waals surface area contributed by atoms with Crippen LogP contribution in [0.25, 0.3) is 0 Å². The van der Waals surface area contributed by atoms with Crippen LogP contribution in [0.5, 0.6) is 0 Å². The molecule has 4 nitrogen and oxygen atoms in total. The maximum Gasteiger partial charge on any atom is 0.411 e. The van der Waals surface area contributed by atoms with Gasteiger partial charge in [0.2, 0.25) is 0 Å². The summed E-state index contributed by atoms with van der Waals surface area (Å²) < 4.78 is 62.0. The molecule has 17 heavy (non-hydrogen) atoms. The van der Waals surface area contributed by atoms with Gasteiger partial charge in [0.25, 0.3) is 0 Å². The normalized spacial score (nSPS) is 28.5. The van der Waals surface area contributed by atoms with Gasteiger partial charge in [0.1, 0.15) is 6.61 Å². The highest BCUT2D eigenvalue weighted by Gasteiger charge is 2.38. The van der Waals surface area contributed by atoms with Crippen LogP contribution in [-0.4, -0.2) is 44.9 Å². The van der Waals surface area contributed by atoms with Crippen molar-refractivity contribution in [2.45, 2.75) is 31.0 Å². The average molecular weight is 275 g/mol. The fourth-order valence-corrected chi connectivity index (χ4v) is 3.88. The third-order valence-corrected chi connectivity index (χ3v) is 4.49. The van der Waals surface area contributed by atoms with Gasteiger partial charge in [0.15, 0.2) is 9.84 Å². The number of hydrogen-bond acceptors (Lipinski definition) is 4. The van der Waals surface area contributed by atoms with Crippen molar-refractivity contribution >= 4 is 9.84 Å². The molecular formula is C9H16F3NO3S. The molecule has 1 atom stereocenters. The molecule has 1 rings (SSSR count). The smallest absolute Gasteiger partial charge is 0.372 e. The summed E-state index contributed by atoms with van der Waals surface area (Å²) in [6, 6.07) is 0. The lowest BCUT2D eigenvalue weighted by atomic mass is 9.94. The van der Waals surface area contributed by atoms with E-state index in [4.69, 9.17) is 5.73 Å². The highest BCUT2D eigenvalue weighted by Crippen LogP contribution is 2.25. The van der Waals surface area contributed by atoms with Crippen LogP contribution in [0.3, 0.4) is 0 Å². The van der Waals surface area contributed by atoms with E-state index in [0.29, 0.717) is 19.3 Å². The van der Waals surface area contributed by atoms with Crippen molar-refractivity contribution in [3.05, 3.63) is 0 Å². The second-order valence-corrected chi connectivity index (χ2v) is 6.66. The van der Waals surface area contributed by atoms with Crippen molar-refractivity contribution < 1.29 is 26.3 Å². The molecule has 0 aromatic heterocycles. The van der Waals surface area contributed by atoms with E-state index in [0.717, 1.165) is 0 Å². The van der Waals surface area contributed by atoms with Crippen molar-refractivity contribution in [2.75, 3.05) is 24.7 Å². The maximum absolute atomic E-state index is 11.7. The zero-order chi connectivity index (χ0) is 13.2. The Morgan fingerprint density at radius 3 is 2.47 bits per heavy atom. The zero-order valence-electron chi connectivity index (χ0n) is 9.29. The Kier molecular flexibility index (Phi) is 4.43. The number of sulfone groups is 1. The Hall–Kier alpha value is -0.340. The second kappa shape index (κ2) is 5.11. The molecule has 1 aliphatic rings. The molecule has 0 aliphatic carbocycles. The van der Waals surface area contributed by atoms with E-state index in [-0.39, 0.29) is 18.1 Å². The minimum atomic E-state index is -4.32. The fourth-order valence-electron chi connectivity index (χ4n) is 1.85. The molecule has 1 saturated heterocycles. The van der Waals surface area contributed by atoms with Crippen molar-refractivity contribution in [3.63, 3.8) is 0 Å². The summed E-state index contributed by atoms with van der Waals surface area (Å²) in [5, 5.41) is 0. The third kappa shape index (κ3) is 5.69. The summed E-state index contributed by atoms with van der Waals surface area (Å²) in [6.45, 7) is -1.33. The van der Waals surface area contributed by atoms with Crippen LogP contribution in [0.15, 0.2) is 0 Å². The second-order valence-electron chi connectivity index (χ2n) is 4.48. The van der Waals surface area contributed by atoms with Crippen LogP contribution in [0.2, 0.25) is 0 Å². The lowest BCUT2D eigenvalue weighted by Gasteiger charge is -2.21. The van der Waals surface area contributed by atoms with Gasteiger partial charge in [0, 0.05) is 12.1 Å². The number of rotatable bonds is 5. The number of halogens is 3. The predicted molar refractivity (Wildman–Crippen MR) is 56.3 cm³/mol. The highest BCUT2D eigenvalue weighted by molar-refractivity contribution is 7.91. The minimum Gasteiger partial charge on any atom is -0.372 e. The van der Waals surface area contributed by atoms with Crippen molar-refractivity contribution in [2.24, 2.45) is 5.73 Å².